The van der Waals surface area contributed by atoms with Crippen molar-refractivity contribution in [3.63, 3.8) is 0 Å². The molecule has 0 spiro atoms. The Morgan fingerprint density at radius 1 is 0.417 bits per heavy atom. The molecule has 10 aromatic carbocycles. The molecule has 2 heteroatoms. The molecule has 1 aromatic heterocycles. The largest absolute Gasteiger partial charge is 0.333 e. The van der Waals surface area contributed by atoms with Gasteiger partial charge in [-0.3, -0.25) is 0 Å². The number of para-hydroxylation sites is 2. The highest BCUT2D eigenvalue weighted by Crippen LogP contribution is 2.49. The number of nitrogens with zero attached hydrogens (tertiary/aromatic N) is 2. The smallest absolute Gasteiger partial charge is 0.0632 e. The van der Waals surface area contributed by atoms with Gasteiger partial charge in [0.15, 0.2) is 0 Å². The van der Waals surface area contributed by atoms with Crippen molar-refractivity contribution in [1.82, 2.24) is 4.57 Å². The second-order valence-electron chi connectivity index (χ2n) is 20.1. The Hall–Kier alpha value is -8.72. The van der Waals surface area contributed by atoms with Crippen molar-refractivity contribution in [3.8, 4) is 39.1 Å². The van der Waals surface area contributed by atoms with E-state index in [0.717, 1.165) is 32.1 Å². The second-order valence-corrected chi connectivity index (χ2v) is 20.1. The topological polar surface area (TPSA) is 8.17 Å². The Balaban J connectivity index is 0.847. The molecule has 0 saturated heterocycles. The summed E-state index contributed by atoms with van der Waals surface area (Å²) in [4.78, 5) is 2.54. The molecule has 1 aliphatic heterocycles. The van der Waals surface area contributed by atoms with Crippen LogP contribution in [0.25, 0.3) is 110 Å². The molecule has 0 bridgehead atoms. The van der Waals surface area contributed by atoms with Gasteiger partial charge >= 0.3 is 0 Å². The third kappa shape index (κ3) is 6.49. The van der Waals surface area contributed by atoms with Gasteiger partial charge in [-0.2, -0.15) is 0 Å². The first kappa shape index (κ1) is 41.1. The minimum absolute atomic E-state index is 0.322. The molecule has 0 saturated carbocycles. The van der Waals surface area contributed by atoms with E-state index in [4.69, 9.17) is 0 Å². The molecule has 72 heavy (non-hydrogen) atoms. The maximum absolute atomic E-state index is 2.54. The van der Waals surface area contributed by atoms with Crippen molar-refractivity contribution in [3.05, 3.63) is 253 Å². The third-order valence-corrected chi connectivity index (χ3v) is 16.1. The van der Waals surface area contributed by atoms with Gasteiger partial charge in [0.25, 0.3) is 0 Å². The van der Waals surface area contributed by atoms with Crippen LogP contribution in [0.4, 0.5) is 11.4 Å². The van der Waals surface area contributed by atoms with E-state index in [1.54, 1.807) is 0 Å². The van der Waals surface area contributed by atoms with Crippen molar-refractivity contribution in [2.45, 2.75) is 38.1 Å². The number of hydrogen-bond donors (Lipinski definition) is 0. The fraction of sp³-hybridized carbons (Fsp3) is 0.0857. The normalized spacial score (nSPS) is 15.9. The summed E-state index contributed by atoms with van der Waals surface area (Å²) in [6.45, 7) is 0. The molecule has 0 amide bonds. The molecule has 11 aromatic rings. The molecule has 0 radical (unpaired) electrons. The molecular formula is C70H50N2. The van der Waals surface area contributed by atoms with Gasteiger partial charge in [0.1, 0.15) is 0 Å². The van der Waals surface area contributed by atoms with Crippen LogP contribution < -0.4 is 4.90 Å². The molecule has 340 valence electrons. The zero-order chi connectivity index (χ0) is 47.3. The Morgan fingerprint density at radius 3 is 1.83 bits per heavy atom. The summed E-state index contributed by atoms with van der Waals surface area (Å²) in [6.07, 6.45) is 23.5. The lowest BCUT2D eigenvalue weighted by atomic mass is 9.82. The summed E-state index contributed by atoms with van der Waals surface area (Å²) in [5.74, 6) is 0. The van der Waals surface area contributed by atoms with Gasteiger partial charge < -0.3 is 9.47 Å². The second kappa shape index (κ2) is 16.4. The Morgan fingerprint density at radius 2 is 1.04 bits per heavy atom. The van der Waals surface area contributed by atoms with E-state index < -0.39 is 0 Å². The summed E-state index contributed by atoms with van der Waals surface area (Å²) >= 11 is 0. The molecule has 2 nitrogen and oxygen atoms in total. The first-order valence-electron chi connectivity index (χ1n) is 25.8. The standard InChI is InChI=1S/C70H50N2/c1-3-15-45(16-4-1)69-61-37-33-54(48-28-30-52-42-56(36-32-50(52)40-48)72-67-25-13-9-21-59(67)60-22-10-14-26-68(60)72)44-64(61)70(46-17-5-2-6-18-46)62-38-34-53(43-63(62)69)47-27-29-51-41-55(35-31-49(51)39-47)71-65-23-11-7-19-57(65)58-20-8-12-24-66(58)71/h1-5,7-13,15-17,19-23,25,27-44,66H,6,14,18,24,26H2. The highest BCUT2D eigenvalue weighted by molar-refractivity contribution is 6.20. The van der Waals surface area contributed by atoms with E-state index in [0.29, 0.717) is 6.04 Å². The first-order valence-corrected chi connectivity index (χ1v) is 25.8. The van der Waals surface area contributed by atoms with Crippen molar-refractivity contribution in [1.29, 1.82) is 0 Å². The number of hydrogen-bond acceptors (Lipinski definition) is 1. The van der Waals surface area contributed by atoms with Crippen molar-refractivity contribution < 1.29 is 0 Å². The Kier molecular flexibility index (Phi) is 9.38. The zero-order valence-electron chi connectivity index (χ0n) is 40.0. The molecule has 1 unspecified atom stereocenters. The van der Waals surface area contributed by atoms with E-state index >= 15 is 0 Å². The average Bonchev–Trinajstić information content (AvgIpc) is 3.97. The van der Waals surface area contributed by atoms with Gasteiger partial charge in [0, 0.05) is 39.3 Å². The summed E-state index contributed by atoms with van der Waals surface area (Å²) < 4.78 is 2.49. The zero-order valence-corrected chi connectivity index (χ0v) is 40.0. The number of anilines is 2. The van der Waals surface area contributed by atoms with Crippen LogP contribution in [0.3, 0.4) is 0 Å². The van der Waals surface area contributed by atoms with Crippen molar-refractivity contribution in [2.24, 2.45) is 0 Å². The van der Waals surface area contributed by atoms with Gasteiger partial charge in [0.05, 0.1) is 11.6 Å². The first-order chi connectivity index (χ1) is 35.7. The Bertz CT molecular complexity index is 4250. The predicted molar refractivity (Wildman–Crippen MR) is 307 cm³/mol. The Labute approximate surface area is 420 Å². The van der Waals surface area contributed by atoms with Crippen LogP contribution in [0.2, 0.25) is 0 Å². The quantitative estimate of drug-likeness (QED) is 0.151. The minimum Gasteiger partial charge on any atom is -0.333 e. The number of fused-ring (bicyclic) bond motifs is 10. The van der Waals surface area contributed by atoms with Crippen LogP contribution in [-0.4, -0.2) is 10.6 Å². The minimum atomic E-state index is 0.322. The van der Waals surface area contributed by atoms with E-state index in [1.165, 1.54) is 138 Å². The number of allylic oxidation sites excluding steroid dienone is 7. The fourth-order valence-corrected chi connectivity index (χ4v) is 12.8. The van der Waals surface area contributed by atoms with Gasteiger partial charge in [0.2, 0.25) is 0 Å². The van der Waals surface area contributed by atoms with Gasteiger partial charge in [-0.15, -0.1) is 0 Å². The lowest BCUT2D eigenvalue weighted by molar-refractivity contribution is 0.830. The number of rotatable bonds is 6. The van der Waals surface area contributed by atoms with Crippen LogP contribution >= 0.6 is 0 Å². The third-order valence-electron chi connectivity index (χ3n) is 16.1. The number of benzene rings is 10. The molecular weight excluding hydrogens is 869 g/mol. The summed E-state index contributed by atoms with van der Waals surface area (Å²) in [5.41, 5.74) is 20.7. The van der Waals surface area contributed by atoms with Crippen LogP contribution in [0.5, 0.6) is 0 Å². The summed E-state index contributed by atoms with van der Waals surface area (Å²) in [6, 6.07) is 71.7. The lowest BCUT2D eigenvalue weighted by Gasteiger charge is -2.28. The van der Waals surface area contributed by atoms with Gasteiger partial charge in [-0.1, -0.05) is 176 Å². The maximum Gasteiger partial charge on any atom is 0.0632 e. The van der Waals surface area contributed by atoms with Gasteiger partial charge in [-0.05, 0) is 186 Å². The molecule has 15 rings (SSSR count). The van der Waals surface area contributed by atoms with Crippen molar-refractivity contribution in [2.75, 3.05) is 4.90 Å². The lowest BCUT2D eigenvalue weighted by Crippen LogP contribution is -2.27. The van der Waals surface area contributed by atoms with Crippen LogP contribution in [-0.2, 0) is 6.42 Å². The molecule has 4 aliphatic rings. The van der Waals surface area contributed by atoms with Crippen LogP contribution in [0.15, 0.2) is 231 Å². The average molecular weight is 919 g/mol. The van der Waals surface area contributed by atoms with Crippen LogP contribution in [0, 0.1) is 0 Å². The van der Waals surface area contributed by atoms with E-state index in [-0.39, 0.29) is 0 Å². The van der Waals surface area contributed by atoms with Crippen molar-refractivity contribution >= 4 is 82.6 Å². The molecule has 2 heterocycles. The van der Waals surface area contributed by atoms with E-state index in [2.05, 4.69) is 246 Å². The predicted octanol–water partition coefficient (Wildman–Crippen LogP) is 18.8. The highest BCUT2D eigenvalue weighted by Gasteiger charge is 2.34. The van der Waals surface area contributed by atoms with Gasteiger partial charge in [-0.25, -0.2) is 0 Å². The molecule has 0 N–H and O–H groups in total. The summed E-state index contributed by atoms with van der Waals surface area (Å²) in [5, 5.41) is 11.5. The van der Waals surface area contributed by atoms with E-state index in [1.807, 2.05) is 0 Å². The number of aromatic nitrogens is 1. The molecule has 1 atom stereocenters. The monoisotopic (exact) mass is 918 g/mol. The maximum atomic E-state index is 2.54. The fourth-order valence-electron chi connectivity index (χ4n) is 12.8. The van der Waals surface area contributed by atoms with Crippen LogP contribution in [0.1, 0.15) is 48.1 Å². The summed E-state index contributed by atoms with van der Waals surface area (Å²) in [7, 11) is 0. The molecule has 0 fully saturated rings. The SMILES string of the molecule is C1=CCCC(c2c3cc(-c4ccc5cc(-n6c7c(c8ccccc86)C=CCC7)ccc5c4)ccc3c(-c3ccccc3)c3cc(-c4ccc5cc(N6c7ccccc7C7=CC=CCC76)ccc5c4)ccc23)=C1. The highest BCUT2D eigenvalue weighted by atomic mass is 15.2. The molecule has 3 aliphatic carbocycles. The van der Waals surface area contributed by atoms with E-state index in [9.17, 15) is 0 Å².